The SMILES string of the molecule is Cc1ccc(NC(O)c2cnc(CNC(=O)c3ncnc(C#CCCCO)c3Cl)s2)cc1C(F)(F)F. The van der Waals surface area contributed by atoms with Crippen LogP contribution in [0, 0.1) is 18.8 Å². The number of amides is 1. The minimum atomic E-state index is -4.51. The summed E-state index contributed by atoms with van der Waals surface area (Å²) in [5, 5.41) is 24.9. The maximum absolute atomic E-state index is 13.1. The van der Waals surface area contributed by atoms with E-state index in [4.69, 9.17) is 16.7 Å². The highest BCUT2D eigenvalue weighted by molar-refractivity contribution is 7.11. The predicted molar refractivity (Wildman–Crippen MR) is 128 cm³/mol. The maximum Gasteiger partial charge on any atom is 0.416 e. The van der Waals surface area contributed by atoms with E-state index in [2.05, 4.69) is 37.4 Å². The molecule has 0 bridgehead atoms. The van der Waals surface area contributed by atoms with Crippen LogP contribution in [-0.4, -0.2) is 37.7 Å². The zero-order valence-corrected chi connectivity index (χ0v) is 20.4. The van der Waals surface area contributed by atoms with Crippen molar-refractivity contribution >= 4 is 34.5 Å². The average Bonchev–Trinajstić information content (AvgIpc) is 3.31. The van der Waals surface area contributed by atoms with Gasteiger partial charge in [-0.2, -0.15) is 13.2 Å². The largest absolute Gasteiger partial charge is 0.416 e. The normalized spacial score (nSPS) is 12.0. The summed E-state index contributed by atoms with van der Waals surface area (Å²) in [5.74, 6) is 4.95. The van der Waals surface area contributed by atoms with Crippen LogP contribution in [0.25, 0.3) is 0 Å². The Morgan fingerprint density at radius 3 is 2.78 bits per heavy atom. The molecule has 3 rings (SSSR count). The van der Waals surface area contributed by atoms with Gasteiger partial charge >= 0.3 is 6.18 Å². The maximum atomic E-state index is 13.1. The first-order valence-electron chi connectivity index (χ1n) is 10.6. The number of rotatable bonds is 8. The third-order valence-electron chi connectivity index (χ3n) is 4.76. The second-order valence-corrected chi connectivity index (χ2v) is 8.95. The van der Waals surface area contributed by atoms with E-state index in [1.54, 1.807) is 0 Å². The molecule has 2 aromatic heterocycles. The van der Waals surface area contributed by atoms with Crippen molar-refractivity contribution in [2.24, 2.45) is 0 Å². The predicted octanol–water partition coefficient (Wildman–Crippen LogP) is 4.07. The molecule has 0 radical (unpaired) electrons. The number of carbonyl (C=O) groups is 1. The molecule has 0 aliphatic carbocycles. The van der Waals surface area contributed by atoms with Gasteiger partial charge in [-0.15, -0.1) is 11.3 Å². The van der Waals surface area contributed by atoms with Gasteiger partial charge in [0.1, 0.15) is 22.1 Å². The van der Waals surface area contributed by atoms with Crippen molar-refractivity contribution in [3.8, 4) is 11.8 Å². The Kier molecular flexibility index (Phi) is 9.22. The Labute approximate surface area is 213 Å². The summed E-state index contributed by atoms with van der Waals surface area (Å²) in [6.07, 6.45) is -2.35. The minimum Gasteiger partial charge on any atom is -0.396 e. The number of alkyl halides is 3. The Bertz CT molecular complexity index is 1290. The van der Waals surface area contributed by atoms with Crippen LogP contribution in [0.4, 0.5) is 18.9 Å². The number of anilines is 1. The Morgan fingerprint density at radius 1 is 1.28 bits per heavy atom. The number of hydrogen-bond donors (Lipinski definition) is 4. The Morgan fingerprint density at radius 2 is 2.06 bits per heavy atom. The molecule has 4 N–H and O–H groups in total. The molecule has 0 spiro atoms. The number of benzene rings is 1. The van der Waals surface area contributed by atoms with Crippen LogP contribution in [0.1, 0.15) is 56.3 Å². The van der Waals surface area contributed by atoms with Crippen molar-refractivity contribution in [1.82, 2.24) is 20.3 Å². The topological polar surface area (TPSA) is 120 Å². The van der Waals surface area contributed by atoms with Crippen LogP contribution in [0.5, 0.6) is 0 Å². The van der Waals surface area contributed by atoms with Crippen molar-refractivity contribution < 1.29 is 28.2 Å². The lowest BCUT2D eigenvalue weighted by molar-refractivity contribution is -0.138. The van der Waals surface area contributed by atoms with E-state index in [0.717, 1.165) is 23.7 Å². The molecule has 0 saturated carbocycles. The molecule has 0 saturated heterocycles. The molecule has 36 heavy (non-hydrogen) atoms. The molecule has 8 nitrogen and oxygen atoms in total. The molecule has 1 aromatic carbocycles. The smallest absolute Gasteiger partial charge is 0.396 e. The lowest BCUT2D eigenvalue weighted by Crippen LogP contribution is -2.24. The van der Waals surface area contributed by atoms with Gasteiger partial charge in [0.2, 0.25) is 0 Å². The molecule has 0 fully saturated rings. The van der Waals surface area contributed by atoms with Crippen LogP contribution in [-0.2, 0) is 12.7 Å². The average molecular weight is 540 g/mol. The molecule has 2 heterocycles. The third-order valence-corrected chi connectivity index (χ3v) is 6.17. The van der Waals surface area contributed by atoms with Crippen LogP contribution < -0.4 is 10.6 Å². The Hall–Kier alpha value is -3.24. The van der Waals surface area contributed by atoms with Crippen molar-refractivity contribution in [2.45, 2.75) is 38.7 Å². The van der Waals surface area contributed by atoms with E-state index < -0.39 is 23.9 Å². The van der Waals surface area contributed by atoms with Gasteiger partial charge in [0.05, 0.1) is 17.0 Å². The summed E-state index contributed by atoms with van der Waals surface area (Å²) >= 11 is 7.27. The van der Waals surface area contributed by atoms with Crippen molar-refractivity contribution in [2.75, 3.05) is 11.9 Å². The number of aliphatic hydroxyl groups excluding tert-OH is 2. The van der Waals surface area contributed by atoms with Gasteiger partial charge < -0.3 is 20.8 Å². The first-order valence-corrected chi connectivity index (χ1v) is 11.7. The van der Waals surface area contributed by atoms with Gasteiger partial charge in [-0.05, 0) is 37.0 Å². The highest BCUT2D eigenvalue weighted by atomic mass is 35.5. The van der Waals surface area contributed by atoms with E-state index in [1.165, 1.54) is 25.3 Å². The number of aryl methyl sites for hydroxylation is 1. The van der Waals surface area contributed by atoms with Crippen LogP contribution in [0.3, 0.4) is 0 Å². The molecule has 190 valence electrons. The summed E-state index contributed by atoms with van der Waals surface area (Å²) in [5.41, 5.74) is -0.517. The molecular formula is C23H21ClF3N5O3S. The standard InChI is InChI=1S/C23H21ClF3N5O3S/c1-13-6-7-14(9-15(13)23(25,26)27)32-21(34)17-10-28-18(36-17)11-29-22(35)20-19(24)16(30-12-31-20)5-3-2-4-8-33/h6-7,9-10,12,21,32-34H,2,4,8,11H2,1H3,(H,29,35). The van der Waals surface area contributed by atoms with Gasteiger partial charge in [0, 0.05) is 24.9 Å². The van der Waals surface area contributed by atoms with Gasteiger partial charge in [0.25, 0.3) is 5.91 Å². The van der Waals surface area contributed by atoms with E-state index in [1.807, 2.05) is 0 Å². The van der Waals surface area contributed by atoms with Gasteiger partial charge in [0.15, 0.2) is 11.9 Å². The lowest BCUT2D eigenvalue weighted by atomic mass is 10.1. The second kappa shape index (κ2) is 12.1. The number of nitrogens with one attached hydrogen (secondary N) is 2. The third kappa shape index (κ3) is 7.14. The van der Waals surface area contributed by atoms with Gasteiger partial charge in [-0.3, -0.25) is 4.79 Å². The van der Waals surface area contributed by atoms with E-state index >= 15 is 0 Å². The van der Waals surface area contributed by atoms with Crippen molar-refractivity contribution in [3.05, 3.63) is 68.1 Å². The van der Waals surface area contributed by atoms with Crippen molar-refractivity contribution in [1.29, 1.82) is 0 Å². The number of halogens is 4. The molecule has 1 amide bonds. The van der Waals surface area contributed by atoms with Crippen LogP contribution >= 0.6 is 22.9 Å². The van der Waals surface area contributed by atoms with E-state index in [9.17, 15) is 23.1 Å². The minimum absolute atomic E-state index is 0.00316. The molecule has 1 unspecified atom stereocenters. The number of nitrogens with zero attached hydrogens (tertiary/aromatic N) is 3. The zero-order valence-electron chi connectivity index (χ0n) is 18.9. The van der Waals surface area contributed by atoms with Crippen LogP contribution in [0.15, 0.2) is 30.7 Å². The highest BCUT2D eigenvalue weighted by Gasteiger charge is 2.32. The van der Waals surface area contributed by atoms with E-state index in [-0.39, 0.29) is 40.8 Å². The summed E-state index contributed by atoms with van der Waals surface area (Å²) < 4.78 is 39.4. The monoisotopic (exact) mass is 539 g/mol. The first-order chi connectivity index (χ1) is 17.1. The summed E-state index contributed by atoms with van der Waals surface area (Å²) in [6.45, 7) is 1.36. The second-order valence-electron chi connectivity index (χ2n) is 7.43. The molecule has 1 atom stereocenters. The van der Waals surface area contributed by atoms with Gasteiger partial charge in [-0.25, -0.2) is 15.0 Å². The number of aliphatic hydroxyl groups is 2. The van der Waals surface area contributed by atoms with Crippen LogP contribution in [0.2, 0.25) is 5.02 Å². The molecule has 0 aliphatic rings. The molecular weight excluding hydrogens is 519 g/mol. The summed E-state index contributed by atoms with van der Waals surface area (Å²) in [7, 11) is 0. The highest BCUT2D eigenvalue weighted by Crippen LogP contribution is 2.34. The molecule has 0 aliphatic heterocycles. The number of unbranched alkanes of at least 4 members (excludes halogenated alkanes) is 1. The molecule has 3 aromatic rings. The Balaban J connectivity index is 1.62. The first kappa shape index (κ1) is 27.3. The van der Waals surface area contributed by atoms with E-state index in [0.29, 0.717) is 22.7 Å². The number of thiazole rings is 1. The van der Waals surface area contributed by atoms with Crippen molar-refractivity contribution in [3.63, 3.8) is 0 Å². The number of hydrogen-bond acceptors (Lipinski definition) is 8. The quantitative estimate of drug-likeness (QED) is 0.193. The zero-order chi connectivity index (χ0) is 26.3. The molecule has 13 heteroatoms. The number of aromatic nitrogens is 3. The summed E-state index contributed by atoms with van der Waals surface area (Å²) in [4.78, 5) is 24.9. The fourth-order valence-electron chi connectivity index (χ4n) is 2.95. The fourth-order valence-corrected chi connectivity index (χ4v) is 3.98. The van der Waals surface area contributed by atoms with Gasteiger partial charge in [-0.1, -0.05) is 23.6 Å². The number of carbonyl (C=O) groups excluding carboxylic acids is 1. The fraction of sp³-hybridized carbons (Fsp3) is 0.304. The summed E-state index contributed by atoms with van der Waals surface area (Å²) in [6, 6.07) is 3.68. The lowest BCUT2D eigenvalue weighted by Gasteiger charge is -2.16.